The zero-order valence-electron chi connectivity index (χ0n) is 16.1. The number of ether oxygens (including phenoxy) is 3. The number of nitrogens with one attached hydrogen (secondary N) is 1. The van der Waals surface area contributed by atoms with Crippen LogP contribution >= 0.6 is 0 Å². The molecule has 10 heteroatoms. The Morgan fingerprint density at radius 2 is 1.66 bits per heavy atom. The fourth-order valence-corrected chi connectivity index (χ4v) is 2.99. The summed E-state index contributed by atoms with van der Waals surface area (Å²) in [5, 5.41) is 3.12. The van der Waals surface area contributed by atoms with Crippen LogP contribution in [0.2, 0.25) is 0 Å². The van der Waals surface area contributed by atoms with Crippen LogP contribution in [-0.4, -0.2) is 45.8 Å². The number of nitrogen functional groups attached to an aromatic ring is 1. The van der Waals surface area contributed by atoms with E-state index in [4.69, 9.17) is 19.9 Å². The number of hydrogen-bond donors (Lipinski definition) is 2. The maximum absolute atomic E-state index is 6.08. The number of para-hydroxylation sites is 2. The van der Waals surface area contributed by atoms with Gasteiger partial charge in [-0.2, -0.15) is 4.98 Å². The van der Waals surface area contributed by atoms with E-state index < -0.39 is 0 Å². The van der Waals surface area contributed by atoms with E-state index in [0.29, 0.717) is 34.8 Å². The van der Waals surface area contributed by atoms with Crippen molar-refractivity contribution < 1.29 is 14.2 Å². The highest BCUT2D eigenvalue weighted by Gasteiger charge is 2.15. The van der Waals surface area contributed by atoms with Gasteiger partial charge in [-0.15, -0.1) is 0 Å². The molecule has 4 aromatic rings. The van der Waals surface area contributed by atoms with Gasteiger partial charge in [-0.25, -0.2) is 19.5 Å². The van der Waals surface area contributed by atoms with Gasteiger partial charge in [0.05, 0.1) is 32.4 Å². The highest BCUT2D eigenvalue weighted by Crippen LogP contribution is 2.40. The third-order valence-electron chi connectivity index (χ3n) is 4.27. The number of nitrogens with zero attached hydrogens (tertiary/aromatic N) is 5. The maximum Gasteiger partial charge on any atom is 0.241 e. The molecule has 29 heavy (non-hydrogen) atoms. The van der Waals surface area contributed by atoms with E-state index in [-0.39, 0.29) is 5.95 Å². The molecule has 2 aromatic heterocycles. The molecule has 0 unspecified atom stereocenters. The first-order valence-electron chi connectivity index (χ1n) is 8.64. The Balaban J connectivity index is 1.73. The van der Waals surface area contributed by atoms with Crippen molar-refractivity contribution in [3.8, 4) is 23.2 Å². The Labute approximate surface area is 166 Å². The lowest BCUT2D eigenvalue weighted by Gasteiger charge is -2.14. The van der Waals surface area contributed by atoms with Gasteiger partial charge in [-0.3, -0.25) is 0 Å². The van der Waals surface area contributed by atoms with Crippen LogP contribution in [0.4, 0.5) is 17.6 Å². The molecular weight excluding hydrogens is 374 g/mol. The highest BCUT2D eigenvalue weighted by molar-refractivity contribution is 5.80. The molecule has 0 saturated heterocycles. The van der Waals surface area contributed by atoms with Crippen molar-refractivity contribution in [2.45, 2.75) is 0 Å². The number of fused-ring (bicyclic) bond motifs is 1. The van der Waals surface area contributed by atoms with Gasteiger partial charge in [0.25, 0.3) is 0 Å². The number of nitrogens with two attached hydrogens (primary N) is 1. The van der Waals surface area contributed by atoms with Crippen LogP contribution in [0, 0.1) is 0 Å². The van der Waals surface area contributed by atoms with Gasteiger partial charge in [-0.1, -0.05) is 12.1 Å². The minimum Gasteiger partial charge on any atom is -0.493 e. The van der Waals surface area contributed by atoms with E-state index in [1.807, 2.05) is 24.3 Å². The summed E-state index contributed by atoms with van der Waals surface area (Å²) in [6.45, 7) is 0. The van der Waals surface area contributed by atoms with Crippen LogP contribution in [0.15, 0.2) is 42.7 Å². The van der Waals surface area contributed by atoms with Crippen molar-refractivity contribution in [3.05, 3.63) is 42.7 Å². The van der Waals surface area contributed by atoms with Gasteiger partial charge in [0.2, 0.25) is 23.6 Å². The van der Waals surface area contributed by atoms with Crippen LogP contribution in [-0.2, 0) is 0 Å². The monoisotopic (exact) mass is 393 g/mol. The Bertz CT molecular complexity index is 1150. The van der Waals surface area contributed by atoms with Crippen molar-refractivity contribution in [1.82, 2.24) is 24.5 Å². The molecule has 0 radical (unpaired) electrons. The maximum atomic E-state index is 6.08. The van der Waals surface area contributed by atoms with Gasteiger partial charge >= 0.3 is 0 Å². The van der Waals surface area contributed by atoms with Gasteiger partial charge in [0, 0.05) is 17.8 Å². The minimum atomic E-state index is 0.288. The number of methoxy groups -OCH3 is 3. The van der Waals surface area contributed by atoms with Gasteiger partial charge in [-0.05, 0) is 12.1 Å². The third kappa shape index (κ3) is 3.31. The lowest BCUT2D eigenvalue weighted by Crippen LogP contribution is -2.08. The Hall–Kier alpha value is -4.08. The zero-order chi connectivity index (χ0) is 20.4. The molecular formula is C19H19N7O3. The Morgan fingerprint density at radius 1 is 0.931 bits per heavy atom. The summed E-state index contributed by atoms with van der Waals surface area (Å²) in [7, 11) is 4.65. The zero-order valence-corrected chi connectivity index (χ0v) is 16.1. The number of imidazole rings is 1. The lowest BCUT2D eigenvalue weighted by molar-refractivity contribution is 0.324. The molecule has 3 N–H and O–H groups in total. The van der Waals surface area contributed by atoms with E-state index >= 15 is 0 Å². The molecule has 0 atom stereocenters. The second kappa shape index (κ2) is 7.50. The fraction of sp³-hybridized carbons (Fsp3) is 0.158. The molecule has 0 aliphatic heterocycles. The quantitative estimate of drug-likeness (QED) is 0.509. The summed E-state index contributed by atoms with van der Waals surface area (Å²) >= 11 is 0. The second-order valence-electron chi connectivity index (χ2n) is 5.94. The van der Waals surface area contributed by atoms with Crippen molar-refractivity contribution in [2.75, 3.05) is 32.4 Å². The van der Waals surface area contributed by atoms with Crippen molar-refractivity contribution in [1.29, 1.82) is 0 Å². The van der Waals surface area contributed by atoms with Crippen molar-refractivity contribution >= 4 is 28.6 Å². The van der Waals surface area contributed by atoms with Crippen molar-refractivity contribution in [3.63, 3.8) is 0 Å². The summed E-state index contributed by atoms with van der Waals surface area (Å²) in [5.41, 5.74) is 8.29. The predicted molar refractivity (Wildman–Crippen MR) is 108 cm³/mol. The van der Waals surface area contributed by atoms with E-state index in [2.05, 4.69) is 25.3 Å². The van der Waals surface area contributed by atoms with E-state index in [1.54, 1.807) is 38.0 Å². The first kappa shape index (κ1) is 18.3. The molecule has 2 heterocycles. The molecule has 0 fully saturated rings. The van der Waals surface area contributed by atoms with Crippen LogP contribution in [0.25, 0.3) is 17.0 Å². The SMILES string of the molecule is COc1cc(Nc2ncnc(-n3c(N)nc4ccccc43)n2)cc(OC)c1OC. The molecule has 0 amide bonds. The average molecular weight is 393 g/mol. The summed E-state index contributed by atoms with van der Waals surface area (Å²) in [6.07, 6.45) is 1.40. The van der Waals surface area contributed by atoms with Crippen LogP contribution in [0.3, 0.4) is 0 Å². The molecule has 148 valence electrons. The minimum absolute atomic E-state index is 0.288. The van der Waals surface area contributed by atoms with Crippen molar-refractivity contribution in [2.24, 2.45) is 0 Å². The van der Waals surface area contributed by atoms with Gasteiger partial charge < -0.3 is 25.3 Å². The van der Waals surface area contributed by atoms with E-state index in [9.17, 15) is 0 Å². The predicted octanol–water partition coefficient (Wildman–Crippen LogP) is 2.56. The summed E-state index contributed by atoms with van der Waals surface area (Å²) in [6, 6.07) is 11.1. The highest BCUT2D eigenvalue weighted by atomic mass is 16.5. The van der Waals surface area contributed by atoms with Gasteiger partial charge in [0.15, 0.2) is 11.5 Å². The summed E-state index contributed by atoms with van der Waals surface area (Å²) in [4.78, 5) is 17.2. The number of hydrogen-bond acceptors (Lipinski definition) is 9. The summed E-state index contributed by atoms with van der Waals surface area (Å²) in [5.74, 6) is 2.47. The molecule has 0 bridgehead atoms. The topological polar surface area (TPSA) is 122 Å². The normalized spacial score (nSPS) is 10.7. The fourth-order valence-electron chi connectivity index (χ4n) is 2.99. The molecule has 0 aliphatic carbocycles. The van der Waals surface area contributed by atoms with Crippen LogP contribution in [0.5, 0.6) is 17.2 Å². The van der Waals surface area contributed by atoms with Crippen LogP contribution < -0.4 is 25.3 Å². The number of anilines is 3. The van der Waals surface area contributed by atoms with E-state index in [1.165, 1.54) is 6.33 Å². The molecule has 4 rings (SSSR count). The summed E-state index contributed by atoms with van der Waals surface area (Å²) < 4.78 is 17.8. The second-order valence-corrected chi connectivity index (χ2v) is 5.94. The van der Waals surface area contributed by atoms with E-state index in [0.717, 1.165) is 11.0 Å². The molecule has 0 spiro atoms. The number of aromatic nitrogens is 5. The number of rotatable bonds is 6. The first-order chi connectivity index (χ1) is 14.1. The lowest BCUT2D eigenvalue weighted by atomic mass is 10.2. The molecule has 0 saturated carbocycles. The molecule has 10 nitrogen and oxygen atoms in total. The average Bonchev–Trinajstić information content (AvgIpc) is 3.08. The molecule has 0 aliphatic rings. The van der Waals surface area contributed by atoms with Crippen LogP contribution in [0.1, 0.15) is 0 Å². The first-order valence-corrected chi connectivity index (χ1v) is 8.64. The Kier molecular flexibility index (Phi) is 4.73. The van der Waals surface area contributed by atoms with Gasteiger partial charge in [0.1, 0.15) is 6.33 Å². The Morgan fingerprint density at radius 3 is 2.34 bits per heavy atom. The number of benzene rings is 2. The largest absolute Gasteiger partial charge is 0.493 e. The smallest absolute Gasteiger partial charge is 0.241 e. The molecule has 2 aromatic carbocycles. The third-order valence-corrected chi connectivity index (χ3v) is 4.27. The standard InChI is InChI=1S/C19H19N7O3/c1-27-14-8-11(9-15(28-2)16(14)29-3)23-18-21-10-22-19(25-18)26-13-7-5-4-6-12(13)24-17(26)20/h4-10H,1-3H3,(H2,20,24)(H,21,22,23,25).